The summed E-state index contributed by atoms with van der Waals surface area (Å²) in [4.78, 5) is 81.2. The molecule has 0 radical (unpaired) electrons. The van der Waals surface area contributed by atoms with E-state index in [-0.39, 0.29) is 79.2 Å². The van der Waals surface area contributed by atoms with Crippen molar-refractivity contribution in [1.82, 2.24) is 34.1 Å². The number of fused-ring (bicyclic) bond motifs is 1. The third-order valence-electron chi connectivity index (χ3n) is 21.5. The summed E-state index contributed by atoms with van der Waals surface area (Å²) in [7, 11) is -2.58. The molecule has 1 unspecified atom stereocenters. The van der Waals surface area contributed by atoms with Crippen molar-refractivity contribution >= 4 is 92.6 Å². The zero-order valence-corrected chi connectivity index (χ0v) is 67.1. The highest BCUT2D eigenvalue weighted by atomic mass is 32.5. The lowest BCUT2D eigenvalue weighted by atomic mass is 9.80. The summed E-state index contributed by atoms with van der Waals surface area (Å²) < 4.78 is 74.0. The average Bonchev–Trinajstić information content (AvgIpc) is 1.58. The number of amides is 2. The lowest BCUT2D eigenvalue weighted by molar-refractivity contribution is -0.157. The van der Waals surface area contributed by atoms with Crippen LogP contribution in [-0.4, -0.2) is 145 Å². The second-order valence-electron chi connectivity index (χ2n) is 30.6. The van der Waals surface area contributed by atoms with Gasteiger partial charge in [-0.3, -0.25) is 28.4 Å². The number of Topliss-reactive ketones (excluding diaryl/α,β-unsaturated/α-hetero) is 1. The first kappa shape index (κ1) is 78.8. The van der Waals surface area contributed by atoms with Gasteiger partial charge in [0.15, 0.2) is 39.8 Å². The van der Waals surface area contributed by atoms with Crippen molar-refractivity contribution in [1.29, 1.82) is 5.26 Å². The Labute approximate surface area is 637 Å². The normalized spacial score (nSPS) is 20.4. The Morgan fingerprint density at radius 3 is 1.86 bits per heavy atom. The summed E-state index contributed by atoms with van der Waals surface area (Å²) >= 11 is 6.77. The molecule has 1 saturated heterocycles. The van der Waals surface area contributed by atoms with E-state index in [4.69, 9.17) is 77.9 Å². The van der Waals surface area contributed by atoms with Crippen molar-refractivity contribution in [2.45, 2.75) is 172 Å². The van der Waals surface area contributed by atoms with Crippen LogP contribution in [-0.2, 0) is 70.1 Å². The number of rotatable bonds is 29. The number of anilines is 2. The van der Waals surface area contributed by atoms with Crippen LogP contribution in [0.1, 0.15) is 136 Å². The number of hydrogen-bond acceptors (Lipinski definition) is 21. The largest absolute Gasteiger partial charge is 0.497 e. The van der Waals surface area contributed by atoms with Crippen LogP contribution in [0.4, 0.5) is 11.6 Å². The number of ether oxygens (including phenoxy) is 5. The molecule has 9 atom stereocenters. The third kappa shape index (κ3) is 16.7. The molecule has 12 rings (SSSR count). The molecule has 6 heterocycles. The highest BCUT2D eigenvalue weighted by Gasteiger charge is 2.57. The molecule has 2 aliphatic heterocycles. The lowest BCUT2D eigenvalue weighted by Crippen LogP contribution is -2.51. The van der Waals surface area contributed by atoms with Gasteiger partial charge in [0.1, 0.15) is 77.5 Å². The van der Waals surface area contributed by atoms with Gasteiger partial charge in [0.2, 0.25) is 0 Å². The number of imidazole rings is 1. The molecule has 0 spiro atoms. The highest BCUT2D eigenvalue weighted by molar-refractivity contribution is 8.07. The summed E-state index contributed by atoms with van der Waals surface area (Å²) in [6.07, 6.45) is 1.03. The number of carbonyl (C=O) groups is 4. The van der Waals surface area contributed by atoms with Crippen molar-refractivity contribution in [3.8, 4) is 17.6 Å². The maximum Gasteiger partial charge on any atom is 0.327 e. The van der Waals surface area contributed by atoms with Crippen LogP contribution in [0.25, 0.3) is 22.2 Å². The molecule has 9 aromatic rings. The topological polar surface area (TPSA) is 274 Å². The highest BCUT2D eigenvalue weighted by Crippen LogP contribution is 2.58. The maximum atomic E-state index is 14.5. The fourth-order valence-electron chi connectivity index (χ4n) is 13.7. The molecule has 24 nitrogen and oxygen atoms in total. The number of methoxy groups -OCH3 is 2. The molecular formula is C80H95N10O14PSSi2. The molecule has 4 aromatic heterocycles. The molecule has 2 fully saturated rings. The van der Waals surface area contributed by atoms with E-state index in [0.717, 1.165) is 27.6 Å². The van der Waals surface area contributed by atoms with Crippen molar-refractivity contribution in [3.05, 3.63) is 198 Å². The van der Waals surface area contributed by atoms with Gasteiger partial charge in [0.05, 0.1) is 70.7 Å². The van der Waals surface area contributed by atoms with Crippen LogP contribution in [0.5, 0.6) is 11.5 Å². The van der Waals surface area contributed by atoms with Crippen LogP contribution >= 0.6 is 6.72 Å². The van der Waals surface area contributed by atoms with E-state index in [1.165, 1.54) is 25.9 Å². The molecule has 28 heteroatoms. The van der Waals surface area contributed by atoms with Crippen molar-refractivity contribution in [2.75, 3.05) is 50.8 Å². The summed E-state index contributed by atoms with van der Waals surface area (Å²) in [6, 6.07) is 44.8. The van der Waals surface area contributed by atoms with Crippen LogP contribution in [0.3, 0.4) is 0 Å². The van der Waals surface area contributed by atoms with Crippen molar-refractivity contribution < 1.29 is 65.3 Å². The Balaban J connectivity index is 0.991. The fourth-order valence-corrected chi connectivity index (χ4v) is 18.5. The first-order valence-corrected chi connectivity index (χ1v) is 44.8. The van der Waals surface area contributed by atoms with Crippen LogP contribution < -0.4 is 19.7 Å². The first-order chi connectivity index (χ1) is 51.6. The predicted octanol–water partition coefficient (Wildman–Crippen LogP) is 15.2. The standard InChI is InChI=1S/C80H95N10O14PSSi2/c1-52(91)32-41-64(92)101-67-56(45-62(68(67)103-107(10,11)78(2,3)4)89-46-55-29-23-43-88(72-65(55)73(89)84-50-83-72)76(94)54-27-19-15-20-28-54)47-99-105(106,98-44-24-42-81)102-70-69(104-108(12,13)79(5,6)7)63(100-77(70)90-51-86-66-71(82-49-85-74(66)90)87-75(93)53-25-17-14-18-26-53)48-97-80(57-30-21-16-22-31-57,58-33-37-60(95-8)38-34-58)59-35-39-61(96-9)40-36-59/h14-22,25-28,30-31,33-40,46,49-51,56,62-63,67-70,77H,23-24,29,32,41,43-45,47-48H2,1-13H3,(H,82,85,87,93)/t56-,62-,63-,67-,68+,69-,70-,77-,105?/m1/s1. The van der Waals surface area contributed by atoms with Gasteiger partial charge in [-0.15, -0.1) is 0 Å². The van der Waals surface area contributed by atoms with E-state index in [9.17, 15) is 24.4 Å². The number of aryl methyl sites for hydroxylation is 1. The molecule has 0 bridgehead atoms. The molecular weight excluding hydrogens is 1440 g/mol. The van der Waals surface area contributed by atoms with Gasteiger partial charge in [0, 0.05) is 36.2 Å². The second-order valence-corrected chi connectivity index (χ2v) is 43.1. The Morgan fingerprint density at radius 2 is 1.26 bits per heavy atom. The van der Waals surface area contributed by atoms with E-state index < -0.39 is 94.6 Å². The second kappa shape index (κ2) is 32.8. The van der Waals surface area contributed by atoms with Gasteiger partial charge in [-0.25, -0.2) is 24.9 Å². The van der Waals surface area contributed by atoms with Gasteiger partial charge in [-0.05, 0) is 145 Å². The van der Waals surface area contributed by atoms with Gasteiger partial charge < -0.3 is 56.3 Å². The number of nitriles is 1. The Bertz CT molecular complexity index is 4720. The van der Waals surface area contributed by atoms with Crippen LogP contribution in [0, 0.1) is 17.2 Å². The van der Waals surface area contributed by atoms with Crippen molar-refractivity contribution in [2.24, 2.45) is 5.92 Å². The van der Waals surface area contributed by atoms with E-state index in [2.05, 4.69) is 94.9 Å². The predicted molar refractivity (Wildman–Crippen MR) is 418 cm³/mol. The summed E-state index contributed by atoms with van der Waals surface area (Å²) in [6.45, 7) is 18.3. The maximum absolute atomic E-state index is 14.5. The van der Waals surface area contributed by atoms with E-state index in [1.54, 1.807) is 60.1 Å². The number of aromatic nitrogens is 7. The zero-order valence-electron chi connectivity index (χ0n) is 63.4. The molecule has 5 aromatic carbocycles. The smallest absolute Gasteiger partial charge is 0.327 e. The van der Waals surface area contributed by atoms with Gasteiger partial charge in [-0.2, -0.15) is 5.26 Å². The van der Waals surface area contributed by atoms with Crippen LogP contribution in [0.2, 0.25) is 36.3 Å². The first-order valence-electron chi connectivity index (χ1n) is 36.5. The number of ketones is 1. The van der Waals surface area contributed by atoms with E-state index in [1.807, 2.05) is 103 Å². The minimum atomic E-state index is -4.28. The number of nitrogens with zero attached hydrogens (tertiary/aromatic N) is 9. The summed E-state index contributed by atoms with van der Waals surface area (Å²) in [5.41, 5.74) is 3.83. The quantitative estimate of drug-likeness (QED) is 0.0150. The average molecular weight is 1540 g/mol. The SMILES string of the molecule is COc1ccc(C(OC[C@H]2O[C@@H](n3cnc4c(NC(=O)c5ccccc5)ncnc43)[C@H](OP(=S)(OCCC#N)OC[C@H]3C[C@@H](n4cc5c6c(ncnc64)N(C(=O)c4ccccc4)CCC5)[C@H](O[Si](C)(C)C(C)(C)C)[C@@H]3OC(=O)CCC(C)=O)[C@@H]2O[Si](C)(C)C(C)(C)C)(c2ccccc2)c2ccc(OC)cc2)cc1. The minimum Gasteiger partial charge on any atom is -0.497 e. The van der Waals surface area contributed by atoms with E-state index >= 15 is 0 Å². The van der Waals surface area contributed by atoms with Gasteiger partial charge in [0.25, 0.3) is 11.8 Å². The Hall–Kier alpha value is -8.76. The van der Waals surface area contributed by atoms with Crippen LogP contribution in [0.15, 0.2) is 165 Å². The molecule has 108 heavy (non-hydrogen) atoms. The molecule has 2 amide bonds. The lowest BCUT2D eigenvalue weighted by Gasteiger charge is -2.42. The molecule has 1 N–H and O–H groups in total. The number of nitrogens with one attached hydrogen (secondary N) is 1. The minimum absolute atomic E-state index is 0.0539. The molecule has 568 valence electrons. The number of benzene rings is 5. The summed E-state index contributed by atoms with van der Waals surface area (Å²) in [5, 5.41) is 13.1. The number of esters is 1. The fraction of sp³-hybridized carbons (Fsp3) is 0.425. The monoisotopic (exact) mass is 1540 g/mol. The molecule has 3 aliphatic rings. The summed E-state index contributed by atoms with van der Waals surface area (Å²) in [5.74, 6) is -0.261. The van der Waals surface area contributed by atoms with Gasteiger partial charge in [-0.1, -0.05) is 133 Å². The Morgan fingerprint density at radius 1 is 0.676 bits per heavy atom. The van der Waals surface area contributed by atoms with Crippen molar-refractivity contribution in [3.63, 3.8) is 0 Å². The van der Waals surface area contributed by atoms with Gasteiger partial charge >= 0.3 is 12.7 Å². The number of hydrogen-bond donors (Lipinski definition) is 1. The Kier molecular flexibility index (Phi) is 24.0. The third-order valence-corrected chi connectivity index (χ3v) is 32.8. The van der Waals surface area contributed by atoms with E-state index in [0.29, 0.717) is 53.5 Å². The zero-order chi connectivity index (χ0) is 76.9. The molecule has 1 saturated carbocycles. The molecule has 1 aliphatic carbocycles. The number of carbonyl (C=O) groups excluding carboxylic acids is 4.